The number of hydrazine groups is 1. The van der Waals surface area contributed by atoms with Crippen LogP contribution >= 0.6 is 0 Å². The molecule has 0 aliphatic rings. The molecule has 6 nitrogen and oxygen atoms in total. The lowest BCUT2D eigenvalue weighted by molar-refractivity contribution is 0.548. The Balaban J connectivity index is 2.36. The summed E-state index contributed by atoms with van der Waals surface area (Å²) in [7, 11) is 0. The molecule has 1 atom stereocenters. The van der Waals surface area contributed by atoms with Crippen molar-refractivity contribution >= 4 is 0 Å². The van der Waals surface area contributed by atoms with Crippen molar-refractivity contribution in [1.82, 2.24) is 24.9 Å². The molecule has 0 fully saturated rings. The van der Waals surface area contributed by atoms with Crippen LogP contribution in [0.15, 0.2) is 24.8 Å². The molecule has 0 amide bonds. The second kappa shape index (κ2) is 5.03. The van der Waals surface area contributed by atoms with Crippen LogP contribution in [0, 0.1) is 6.92 Å². The third kappa shape index (κ3) is 2.32. The van der Waals surface area contributed by atoms with E-state index >= 15 is 0 Å². The first-order chi connectivity index (χ1) is 8.26. The molecular weight excluding hydrogens is 216 g/mol. The Morgan fingerprint density at radius 1 is 1.35 bits per heavy atom. The number of imidazole rings is 1. The normalized spacial score (nSPS) is 12.6. The first-order valence-corrected chi connectivity index (χ1v) is 5.52. The molecule has 0 spiro atoms. The lowest BCUT2D eigenvalue weighted by Gasteiger charge is -2.15. The fraction of sp³-hybridized carbons (Fsp3) is 0.364. The maximum absolute atomic E-state index is 5.59. The molecule has 6 heteroatoms. The van der Waals surface area contributed by atoms with Gasteiger partial charge in [0.25, 0.3) is 0 Å². The minimum atomic E-state index is -0.238. The average Bonchev–Trinajstić information content (AvgIpc) is 2.81. The summed E-state index contributed by atoms with van der Waals surface area (Å²) in [6, 6.07) is -0.238. The van der Waals surface area contributed by atoms with Crippen molar-refractivity contribution in [2.24, 2.45) is 5.84 Å². The van der Waals surface area contributed by atoms with Crippen LogP contribution in [0.4, 0.5) is 0 Å². The second-order valence-corrected chi connectivity index (χ2v) is 3.75. The molecule has 17 heavy (non-hydrogen) atoms. The number of nitrogens with one attached hydrogen (secondary N) is 1. The zero-order valence-electron chi connectivity index (χ0n) is 9.96. The van der Waals surface area contributed by atoms with Crippen LogP contribution in [0.1, 0.15) is 30.2 Å². The van der Waals surface area contributed by atoms with Gasteiger partial charge in [-0.15, -0.1) is 0 Å². The maximum atomic E-state index is 5.59. The van der Waals surface area contributed by atoms with Crippen LogP contribution < -0.4 is 11.3 Å². The second-order valence-electron chi connectivity index (χ2n) is 3.75. The summed E-state index contributed by atoms with van der Waals surface area (Å²) in [6.45, 7) is 4.79. The minimum absolute atomic E-state index is 0.238. The summed E-state index contributed by atoms with van der Waals surface area (Å²) in [5, 5.41) is 0. The molecule has 0 saturated heterocycles. The number of hydrogen-bond acceptors (Lipinski definition) is 5. The van der Waals surface area contributed by atoms with Gasteiger partial charge in [0.2, 0.25) is 0 Å². The van der Waals surface area contributed by atoms with E-state index in [2.05, 4.69) is 27.3 Å². The summed E-state index contributed by atoms with van der Waals surface area (Å²) in [5.41, 5.74) is 4.37. The Morgan fingerprint density at radius 2 is 2.18 bits per heavy atom. The van der Waals surface area contributed by atoms with E-state index in [-0.39, 0.29) is 6.04 Å². The van der Waals surface area contributed by atoms with E-state index in [0.717, 1.165) is 23.8 Å². The number of rotatable bonds is 4. The zero-order valence-corrected chi connectivity index (χ0v) is 9.96. The summed E-state index contributed by atoms with van der Waals surface area (Å²) < 4.78 is 2.02. The summed E-state index contributed by atoms with van der Waals surface area (Å²) in [4.78, 5) is 12.9. The predicted molar refractivity (Wildman–Crippen MR) is 63.8 cm³/mol. The SMILES string of the molecule is CCn1ccnc1C(NN)c1cnc(C)cn1. The molecule has 0 saturated carbocycles. The average molecular weight is 232 g/mol. The van der Waals surface area contributed by atoms with Crippen LogP contribution in [-0.2, 0) is 6.54 Å². The first-order valence-electron chi connectivity index (χ1n) is 5.52. The van der Waals surface area contributed by atoms with Gasteiger partial charge in [-0.1, -0.05) is 0 Å². The summed E-state index contributed by atoms with van der Waals surface area (Å²) in [6.07, 6.45) is 7.11. The van der Waals surface area contributed by atoms with E-state index in [4.69, 9.17) is 5.84 Å². The van der Waals surface area contributed by atoms with Gasteiger partial charge in [-0.25, -0.2) is 10.4 Å². The standard InChI is InChI=1S/C11H16N6/c1-3-17-5-4-13-11(17)10(16-12)9-7-14-8(2)6-15-9/h4-7,10,16H,3,12H2,1-2H3. The van der Waals surface area contributed by atoms with Crippen molar-refractivity contribution in [2.75, 3.05) is 0 Å². The van der Waals surface area contributed by atoms with E-state index < -0.39 is 0 Å². The smallest absolute Gasteiger partial charge is 0.133 e. The largest absolute Gasteiger partial charge is 0.334 e. The molecule has 0 aliphatic heterocycles. The number of nitrogens with two attached hydrogens (primary N) is 1. The molecule has 1 unspecified atom stereocenters. The van der Waals surface area contributed by atoms with E-state index in [1.54, 1.807) is 18.6 Å². The van der Waals surface area contributed by atoms with Crippen molar-refractivity contribution in [3.8, 4) is 0 Å². The van der Waals surface area contributed by atoms with Gasteiger partial charge >= 0.3 is 0 Å². The number of nitrogens with zero attached hydrogens (tertiary/aromatic N) is 4. The summed E-state index contributed by atoms with van der Waals surface area (Å²) in [5.74, 6) is 6.43. The molecule has 2 rings (SSSR count). The third-order valence-electron chi connectivity index (χ3n) is 2.61. The lowest BCUT2D eigenvalue weighted by Crippen LogP contribution is -2.31. The maximum Gasteiger partial charge on any atom is 0.133 e. The molecule has 0 radical (unpaired) electrons. The van der Waals surface area contributed by atoms with Gasteiger partial charge < -0.3 is 4.57 Å². The lowest BCUT2D eigenvalue weighted by atomic mass is 10.2. The zero-order chi connectivity index (χ0) is 12.3. The highest BCUT2D eigenvalue weighted by Crippen LogP contribution is 2.17. The first kappa shape index (κ1) is 11.7. The molecule has 0 bridgehead atoms. The Kier molecular flexibility index (Phi) is 3.46. The third-order valence-corrected chi connectivity index (χ3v) is 2.61. The highest BCUT2D eigenvalue weighted by Gasteiger charge is 2.18. The Bertz CT molecular complexity index is 475. The molecule has 0 aliphatic carbocycles. The quantitative estimate of drug-likeness (QED) is 0.594. The molecule has 2 aromatic heterocycles. The van der Waals surface area contributed by atoms with Crippen molar-refractivity contribution in [3.05, 3.63) is 42.0 Å². The van der Waals surface area contributed by atoms with E-state index in [1.165, 1.54) is 0 Å². The number of aromatic nitrogens is 4. The van der Waals surface area contributed by atoms with Crippen molar-refractivity contribution < 1.29 is 0 Å². The van der Waals surface area contributed by atoms with Crippen molar-refractivity contribution in [1.29, 1.82) is 0 Å². The van der Waals surface area contributed by atoms with Gasteiger partial charge in [-0.2, -0.15) is 0 Å². The fourth-order valence-corrected chi connectivity index (χ4v) is 1.69. The molecule has 3 N–H and O–H groups in total. The summed E-state index contributed by atoms with van der Waals surface area (Å²) >= 11 is 0. The van der Waals surface area contributed by atoms with Crippen LogP contribution in [0.25, 0.3) is 0 Å². The van der Waals surface area contributed by atoms with Crippen LogP contribution in [-0.4, -0.2) is 19.5 Å². The molecule has 90 valence electrons. The van der Waals surface area contributed by atoms with Gasteiger partial charge in [0.15, 0.2) is 0 Å². The Hall–Kier alpha value is -1.79. The van der Waals surface area contributed by atoms with E-state index in [1.807, 2.05) is 17.7 Å². The van der Waals surface area contributed by atoms with Crippen molar-refractivity contribution in [2.45, 2.75) is 26.4 Å². The number of aryl methyl sites for hydroxylation is 2. The monoisotopic (exact) mass is 232 g/mol. The van der Waals surface area contributed by atoms with Gasteiger partial charge in [0.05, 0.1) is 17.6 Å². The Labute approximate surface area is 99.9 Å². The fourth-order valence-electron chi connectivity index (χ4n) is 1.69. The van der Waals surface area contributed by atoms with Gasteiger partial charge in [0, 0.05) is 25.1 Å². The van der Waals surface area contributed by atoms with Crippen molar-refractivity contribution in [3.63, 3.8) is 0 Å². The van der Waals surface area contributed by atoms with Gasteiger partial charge in [0.1, 0.15) is 11.9 Å². The molecule has 2 aromatic rings. The molecule has 2 heterocycles. The number of hydrogen-bond donors (Lipinski definition) is 2. The highest BCUT2D eigenvalue weighted by atomic mass is 15.3. The van der Waals surface area contributed by atoms with E-state index in [0.29, 0.717) is 0 Å². The van der Waals surface area contributed by atoms with Crippen LogP contribution in [0.3, 0.4) is 0 Å². The Morgan fingerprint density at radius 3 is 2.76 bits per heavy atom. The van der Waals surface area contributed by atoms with Gasteiger partial charge in [-0.3, -0.25) is 15.8 Å². The van der Waals surface area contributed by atoms with Crippen LogP contribution in [0.2, 0.25) is 0 Å². The predicted octanol–water partition coefficient (Wildman–Crippen LogP) is 0.554. The van der Waals surface area contributed by atoms with Gasteiger partial charge in [-0.05, 0) is 13.8 Å². The minimum Gasteiger partial charge on any atom is -0.334 e. The van der Waals surface area contributed by atoms with E-state index in [9.17, 15) is 0 Å². The van der Waals surface area contributed by atoms with Crippen LogP contribution in [0.5, 0.6) is 0 Å². The molecule has 0 aromatic carbocycles. The topological polar surface area (TPSA) is 81.7 Å². The molecular formula is C11H16N6. The highest BCUT2D eigenvalue weighted by molar-refractivity contribution is 5.16.